The van der Waals surface area contributed by atoms with E-state index in [1.54, 1.807) is 26.4 Å². The molecule has 32 heavy (non-hydrogen) atoms. The van der Waals surface area contributed by atoms with Crippen LogP contribution >= 0.6 is 11.8 Å². The topological polar surface area (TPSA) is 123 Å². The molecule has 0 unspecified atom stereocenters. The Morgan fingerprint density at radius 2 is 1.75 bits per heavy atom. The van der Waals surface area contributed by atoms with Crippen molar-refractivity contribution in [3.8, 4) is 40.0 Å². The van der Waals surface area contributed by atoms with Crippen LogP contribution in [0.4, 0.5) is 0 Å². The van der Waals surface area contributed by atoms with Crippen LogP contribution in [0.2, 0.25) is 0 Å². The molecule has 11 heteroatoms. The summed E-state index contributed by atoms with van der Waals surface area (Å²) in [6, 6.07) is 12.9. The molecule has 0 aliphatic carbocycles. The molecule has 0 aliphatic heterocycles. The smallest absolute Gasteiger partial charge is 0.237 e. The third kappa shape index (κ3) is 4.47. The molecule has 166 valence electrons. The molecule has 2 N–H and O–H groups in total. The van der Waals surface area contributed by atoms with E-state index in [4.69, 9.17) is 24.6 Å². The summed E-state index contributed by atoms with van der Waals surface area (Å²) in [4.78, 5) is 4.44. The summed E-state index contributed by atoms with van der Waals surface area (Å²) in [5.74, 6) is 10.0. The maximum absolute atomic E-state index is 6.20. The van der Waals surface area contributed by atoms with Crippen molar-refractivity contribution >= 4 is 11.8 Å². The van der Waals surface area contributed by atoms with Crippen LogP contribution in [-0.4, -0.2) is 45.8 Å². The maximum atomic E-state index is 6.20. The molecule has 0 atom stereocenters. The average molecular weight is 455 g/mol. The van der Waals surface area contributed by atoms with Gasteiger partial charge >= 0.3 is 0 Å². The van der Waals surface area contributed by atoms with Gasteiger partial charge in [0.1, 0.15) is 5.75 Å². The number of aromatic nitrogens is 5. The van der Waals surface area contributed by atoms with Crippen molar-refractivity contribution in [3.05, 3.63) is 48.4 Å². The Kier molecular flexibility index (Phi) is 6.45. The molecule has 0 fully saturated rings. The minimum Gasteiger partial charge on any atom is -0.494 e. The Morgan fingerprint density at radius 1 is 1.00 bits per heavy atom. The molecule has 0 radical (unpaired) electrons. The van der Waals surface area contributed by atoms with E-state index in [2.05, 4.69) is 20.3 Å². The van der Waals surface area contributed by atoms with Crippen molar-refractivity contribution in [3.63, 3.8) is 0 Å². The van der Waals surface area contributed by atoms with Crippen LogP contribution < -0.4 is 20.1 Å². The SMILES string of the molecule is CCOc1ccc(-c2nnc(SCc3nc(-c4ccc(OC)c(OC)c4)no3)n2N)cc1. The predicted molar refractivity (Wildman–Crippen MR) is 119 cm³/mol. The first-order valence-corrected chi connectivity index (χ1v) is 10.7. The van der Waals surface area contributed by atoms with E-state index >= 15 is 0 Å². The molecule has 2 aromatic carbocycles. The van der Waals surface area contributed by atoms with E-state index < -0.39 is 0 Å². The molecule has 0 saturated carbocycles. The minimum absolute atomic E-state index is 0.388. The summed E-state index contributed by atoms with van der Waals surface area (Å²) < 4.78 is 22.9. The molecule has 10 nitrogen and oxygen atoms in total. The summed E-state index contributed by atoms with van der Waals surface area (Å²) in [5.41, 5.74) is 1.59. The standard InChI is InChI=1S/C21H22N6O4S/c1-4-30-15-8-5-13(6-9-15)20-24-25-21(27(20)22)32-12-18-23-19(26-31-18)14-7-10-16(28-2)17(11-14)29-3/h5-11H,4,12,22H2,1-3H3. The summed E-state index contributed by atoms with van der Waals surface area (Å²) in [7, 11) is 3.16. The quantitative estimate of drug-likeness (QED) is 0.297. The van der Waals surface area contributed by atoms with Crippen molar-refractivity contribution in [1.29, 1.82) is 0 Å². The van der Waals surface area contributed by atoms with Crippen LogP contribution in [0.1, 0.15) is 12.8 Å². The number of nitrogens with two attached hydrogens (primary N) is 1. The van der Waals surface area contributed by atoms with Gasteiger partial charge in [-0.25, -0.2) is 4.68 Å². The molecule has 4 rings (SSSR count). The number of hydrogen-bond acceptors (Lipinski definition) is 10. The summed E-state index contributed by atoms with van der Waals surface area (Å²) >= 11 is 1.35. The molecule has 2 heterocycles. The molecule has 2 aromatic heterocycles. The highest BCUT2D eigenvalue weighted by atomic mass is 32.2. The van der Waals surface area contributed by atoms with Crippen LogP contribution in [0.25, 0.3) is 22.8 Å². The predicted octanol–water partition coefficient (Wildman–Crippen LogP) is 3.42. The van der Waals surface area contributed by atoms with Crippen LogP contribution in [0, 0.1) is 0 Å². The lowest BCUT2D eigenvalue weighted by Gasteiger charge is -2.07. The minimum atomic E-state index is 0.388. The van der Waals surface area contributed by atoms with Gasteiger partial charge in [-0.15, -0.1) is 10.2 Å². The maximum Gasteiger partial charge on any atom is 0.237 e. The van der Waals surface area contributed by atoms with Crippen molar-refractivity contribution in [2.75, 3.05) is 26.7 Å². The van der Waals surface area contributed by atoms with Crippen LogP contribution in [0.3, 0.4) is 0 Å². The van der Waals surface area contributed by atoms with Crippen LogP contribution in [0.5, 0.6) is 17.2 Å². The first kappa shape index (κ1) is 21.5. The van der Waals surface area contributed by atoms with Crippen molar-refractivity contribution in [2.24, 2.45) is 0 Å². The van der Waals surface area contributed by atoms with Gasteiger partial charge in [-0.2, -0.15) is 4.98 Å². The molecule has 4 aromatic rings. The van der Waals surface area contributed by atoms with E-state index in [-0.39, 0.29) is 0 Å². The Bertz CT molecular complexity index is 1190. The van der Waals surface area contributed by atoms with Crippen LogP contribution in [0.15, 0.2) is 52.1 Å². The number of thioether (sulfide) groups is 1. The zero-order valence-electron chi connectivity index (χ0n) is 17.8. The lowest BCUT2D eigenvalue weighted by molar-refractivity contribution is 0.340. The van der Waals surface area contributed by atoms with Gasteiger partial charge in [-0.1, -0.05) is 16.9 Å². The number of methoxy groups -OCH3 is 2. The highest BCUT2D eigenvalue weighted by Crippen LogP contribution is 2.32. The Balaban J connectivity index is 1.44. The molecule has 0 spiro atoms. The van der Waals surface area contributed by atoms with E-state index in [0.717, 1.165) is 16.9 Å². The van der Waals surface area contributed by atoms with Gasteiger partial charge in [-0.3, -0.25) is 0 Å². The van der Waals surface area contributed by atoms with Gasteiger partial charge in [0.05, 0.1) is 26.6 Å². The van der Waals surface area contributed by atoms with Gasteiger partial charge in [0.15, 0.2) is 17.3 Å². The van der Waals surface area contributed by atoms with Gasteiger partial charge in [-0.05, 0) is 49.4 Å². The highest BCUT2D eigenvalue weighted by molar-refractivity contribution is 7.98. The normalized spacial score (nSPS) is 10.8. The lowest BCUT2D eigenvalue weighted by atomic mass is 10.2. The number of nitrogen functional groups attached to an aromatic ring is 1. The second-order valence-electron chi connectivity index (χ2n) is 6.50. The number of ether oxygens (including phenoxy) is 3. The molecular weight excluding hydrogens is 432 g/mol. The van der Waals surface area contributed by atoms with E-state index in [1.807, 2.05) is 37.3 Å². The Morgan fingerprint density at radius 3 is 2.47 bits per heavy atom. The van der Waals surface area contributed by atoms with Gasteiger partial charge in [0, 0.05) is 11.1 Å². The van der Waals surface area contributed by atoms with Crippen molar-refractivity contribution in [2.45, 2.75) is 17.8 Å². The number of nitrogens with zero attached hydrogens (tertiary/aromatic N) is 5. The van der Waals surface area contributed by atoms with Crippen LogP contribution in [-0.2, 0) is 5.75 Å². The third-order valence-electron chi connectivity index (χ3n) is 4.52. The van der Waals surface area contributed by atoms with E-state index in [9.17, 15) is 0 Å². The number of benzene rings is 2. The molecule has 0 amide bonds. The number of rotatable bonds is 9. The fourth-order valence-electron chi connectivity index (χ4n) is 2.97. The summed E-state index contributed by atoms with van der Waals surface area (Å²) in [5, 5.41) is 12.9. The van der Waals surface area contributed by atoms with Crippen molar-refractivity contribution in [1.82, 2.24) is 25.0 Å². The second-order valence-corrected chi connectivity index (χ2v) is 7.45. The molecular formula is C21H22N6O4S. The average Bonchev–Trinajstić information content (AvgIpc) is 3.44. The fraction of sp³-hybridized carbons (Fsp3) is 0.238. The summed E-state index contributed by atoms with van der Waals surface area (Å²) in [6.45, 7) is 2.55. The summed E-state index contributed by atoms with van der Waals surface area (Å²) in [6.07, 6.45) is 0. The van der Waals surface area contributed by atoms with E-state index in [1.165, 1.54) is 16.4 Å². The zero-order valence-corrected chi connectivity index (χ0v) is 18.6. The monoisotopic (exact) mass is 454 g/mol. The second kappa shape index (κ2) is 9.60. The van der Waals surface area contributed by atoms with Gasteiger partial charge in [0.25, 0.3) is 0 Å². The largest absolute Gasteiger partial charge is 0.494 e. The van der Waals surface area contributed by atoms with Gasteiger partial charge in [0.2, 0.25) is 16.9 Å². The van der Waals surface area contributed by atoms with Gasteiger partial charge < -0.3 is 24.6 Å². The Labute approximate surface area is 188 Å². The highest BCUT2D eigenvalue weighted by Gasteiger charge is 2.16. The zero-order chi connectivity index (χ0) is 22.5. The number of hydrogen-bond donors (Lipinski definition) is 1. The van der Waals surface area contributed by atoms with E-state index in [0.29, 0.717) is 46.6 Å². The molecule has 0 bridgehead atoms. The fourth-order valence-corrected chi connectivity index (χ4v) is 3.67. The molecule has 0 aliphatic rings. The molecule has 0 saturated heterocycles. The Hall–Kier alpha value is -3.73. The first-order chi connectivity index (χ1) is 15.6. The van der Waals surface area contributed by atoms with Crippen molar-refractivity contribution < 1.29 is 18.7 Å². The third-order valence-corrected chi connectivity index (χ3v) is 5.45. The lowest BCUT2D eigenvalue weighted by Crippen LogP contribution is -2.11. The first-order valence-electron chi connectivity index (χ1n) is 9.74.